The number of aliphatic hydroxyl groups is 1. The van der Waals surface area contributed by atoms with E-state index in [1.807, 2.05) is 72.8 Å². The smallest absolute Gasteiger partial charge is 0.119 e. The van der Waals surface area contributed by atoms with Gasteiger partial charge in [0.1, 0.15) is 18.0 Å². The maximum Gasteiger partial charge on any atom is 0.119 e. The molecule has 0 heterocycles. The van der Waals surface area contributed by atoms with Crippen molar-refractivity contribution in [2.75, 3.05) is 26.2 Å². The van der Waals surface area contributed by atoms with Crippen molar-refractivity contribution in [1.82, 2.24) is 4.90 Å². The van der Waals surface area contributed by atoms with Crippen LogP contribution in [0.3, 0.4) is 0 Å². The highest BCUT2D eigenvalue weighted by Gasteiger charge is 2.31. The molecule has 1 N–H and O–H groups in total. The Morgan fingerprint density at radius 3 is 1.85 bits per heavy atom. The van der Waals surface area contributed by atoms with Gasteiger partial charge in [0.05, 0.1) is 0 Å². The zero-order chi connectivity index (χ0) is 23.7. The first-order valence-electron chi connectivity index (χ1n) is 11.6. The lowest BCUT2D eigenvalue weighted by Gasteiger charge is -2.30. The van der Waals surface area contributed by atoms with Crippen molar-refractivity contribution < 1.29 is 9.84 Å². The van der Waals surface area contributed by atoms with Gasteiger partial charge in [0, 0.05) is 16.6 Å². The first-order chi connectivity index (χ1) is 15.9. The van der Waals surface area contributed by atoms with Gasteiger partial charge in [0.15, 0.2) is 0 Å². The van der Waals surface area contributed by atoms with Gasteiger partial charge < -0.3 is 14.7 Å². The molecule has 3 rings (SSSR count). The predicted molar refractivity (Wildman–Crippen MR) is 139 cm³/mol. The Bertz CT molecular complexity index is 970. The molecule has 0 spiro atoms. The second-order valence-corrected chi connectivity index (χ2v) is 9.12. The fourth-order valence-electron chi connectivity index (χ4n) is 4.04. The van der Waals surface area contributed by atoms with Crippen LogP contribution in [0.15, 0.2) is 72.8 Å². The molecular formula is C28H33Cl2NO2. The standard InChI is InChI=1S/C28H33Cl2NO2/c1-3-31(4-2)20-21-33-27-17-11-24(12-18-27)28(32,23-9-15-26(30)16-10-23)19-5-6-22-7-13-25(29)14-8-22/h7-18,32H,3-6,19-21H2,1-2H3. The fraction of sp³-hybridized carbons (Fsp3) is 0.357. The Labute approximate surface area is 207 Å². The van der Waals surface area contributed by atoms with Crippen molar-refractivity contribution in [3.63, 3.8) is 0 Å². The summed E-state index contributed by atoms with van der Waals surface area (Å²) in [4.78, 5) is 2.33. The molecular weight excluding hydrogens is 453 g/mol. The highest BCUT2D eigenvalue weighted by Crippen LogP contribution is 2.36. The minimum atomic E-state index is -1.11. The first kappa shape index (κ1) is 25.6. The molecule has 0 aromatic heterocycles. The van der Waals surface area contributed by atoms with E-state index in [-0.39, 0.29) is 0 Å². The number of benzene rings is 3. The molecule has 176 valence electrons. The van der Waals surface area contributed by atoms with E-state index in [0.717, 1.165) is 54.4 Å². The number of likely N-dealkylation sites (N-methyl/N-ethyl adjacent to an activating group) is 1. The monoisotopic (exact) mass is 485 g/mol. The number of halogens is 2. The molecule has 0 aliphatic carbocycles. The van der Waals surface area contributed by atoms with E-state index in [2.05, 4.69) is 18.7 Å². The van der Waals surface area contributed by atoms with Crippen LogP contribution < -0.4 is 4.74 Å². The maximum absolute atomic E-state index is 11.9. The number of ether oxygens (including phenoxy) is 1. The van der Waals surface area contributed by atoms with Crippen LogP contribution in [0.25, 0.3) is 0 Å². The molecule has 0 saturated heterocycles. The van der Waals surface area contributed by atoms with Crippen molar-refractivity contribution in [2.24, 2.45) is 0 Å². The third-order valence-electron chi connectivity index (χ3n) is 6.14. The Hall–Kier alpha value is -2.04. The van der Waals surface area contributed by atoms with E-state index in [0.29, 0.717) is 18.1 Å². The molecule has 3 aromatic rings. The van der Waals surface area contributed by atoms with Crippen molar-refractivity contribution in [2.45, 2.75) is 38.7 Å². The van der Waals surface area contributed by atoms with Crippen LogP contribution in [0, 0.1) is 0 Å². The van der Waals surface area contributed by atoms with Crippen LogP contribution in [0.2, 0.25) is 10.0 Å². The van der Waals surface area contributed by atoms with Gasteiger partial charge in [0.2, 0.25) is 0 Å². The molecule has 3 aromatic carbocycles. The van der Waals surface area contributed by atoms with E-state index < -0.39 is 5.60 Å². The first-order valence-corrected chi connectivity index (χ1v) is 12.4. The maximum atomic E-state index is 11.9. The number of aryl methyl sites for hydroxylation is 1. The molecule has 0 fully saturated rings. The lowest BCUT2D eigenvalue weighted by Crippen LogP contribution is -2.28. The van der Waals surface area contributed by atoms with Crippen molar-refractivity contribution >= 4 is 23.2 Å². The fourth-order valence-corrected chi connectivity index (χ4v) is 4.29. The van der Waals surface area contributed by atoms with Gasteiger partial charge in [-0.25, -0.2) is 0 Å². The van der Waals surface area contributed by atoms with Gasteiger partial charge in [-0.15, -0.1) is 0 Å². The van der Waals surface area contributed by atoms with Crippen molar-refractivity contribution in [3.8, 4) is 5.75 Å². The molecule has 1 unspecified atom stereocenters. The number of hydrogen-bond donors (Lipinski definition) is 1. The van der Waals surface area contributed by atoms with E-state index in [4.69, 9.17) is 27.9 Å². The third-order valence-corrected chi connectivity index (χ3v) is 6.65. The molecule has 0 radical (unpaired) electrons. The summed E-state index contributed by atoms with van der Waals surface area (Å²) in [6, 6.07) is 23.1. The summed E-state index contributed by atoms with van der Waals surface area (Å²) in [5.41, 5.74) is 1.77. The predicted octanol–water partition coefficient (Wildman–Crippen LogP) is 6.97. The van der Waals surface area contributed by atoms with Gasteiger partial charge in [-0.1, -0.05) is 73.4 Å². The largest absolute Gasteiger partial charge is 0.492 e. The topological polar surface area (TPSA) is 32.7 Å². The molecule has 0 amide bonds. The Kier molecular flexibility index (Phi) is 9.64. The Balaban J connectivity index is 1.73. The van der Waals surface area contributed by atoms with Gasteiger partial charge in [0.25, 0.3) is 0 Å². The second kappa shape index (κ2) is 12.4. The number of rotatable bonds is 12. The van der Waals surface area contributed by atoms with Crippen LogP contribution in [0.4, 0.5) is 0 Å². The average molecular weight is 486 g/mol. The van der Waals surface area contributed by atoms with Crippen LogP contribution in [0.1, 0.15) is 43.4 Å². The lowest BCUT2D eigenvalue weighted by atomic mass is 9.82. The molecule has 33 heavy (non-hydrogen) atoms. The van der Waals surface area contributed by atoms with Crippen molar-refractivity contribution in [3.05, 3.63) is 99.5 Å². The van der Waals surface area contributed by atoms with Gasteiger partial charge in [-0.2, -0.15) is 0 Å². The SMILES string of the molecule is CCN(CC)CCOc1ccc(C(O)(CCCc2ccc(Cl)cc2)c2ccc(Cl)cc2)cc1. The summed E-state index contributed by atoms with van der Waals surface area (Å²) >= 11 is 12.1. The van der Waals surface area contributed by atoms with Crippen LogP contribution in [-0.4, -0.2) is 36.2 Å². The molecule has 0 aliphatic rings. The molecule has 5 heteroatoms. The quantitative estimate of drug-likeness (QED) is 0.300. The van der Waals surface area contributed by atoms with Gasteiger partial charge in [-0.3, -0.25) is 0 Å². The zero-order valence-corrected chi connectivity index (χ0v) is 20.9. The highest BCUT2D eigenvalue weighted by atomic mass is 35.5. The van der Waals surface area contributed by atoms with Crippen LogP contribution in [0.5, 0.6) is 5.75 Å². The van der Waals surface area contributed by atoms with Crippen molar-refractivity contribution in [1.29, 1.82) is 0 Å². The summed E-state index contributed by atoms with van der Waals surface area (Å²) in [6.07, 6.45) is 2.27. The minimum absolute atomic E-state index is 0.583. The average Bonchev–Trinajstić information content (AvgIpc) is 2.84. The summed E-state index contributed by atoms with van der Waals surface area (Å²) in [6.45, 7) is 7.88. The summed E-state index contributed by atoms with van der Waals surface area (Å²) in [5.74, 6) is 0.811. The Morgan fingerprint density at radius 2 is 1.30 bits per heavy atom. The normalized spacial score (nSPS) is 13.2. The molecule has 3 nitrogen and oxygen atoms in total. The summed E-state index contributed by atoms with van der Waals surface area (Å²) in [7, 11) is 0. The number of nitrogens with zero attached hydrogens (tertiary/aromatic N) is 1. The molecule has 0 bridgehead atoms. The highest BCUT2D eigenvalue weighted by molar-refractivity contribution is 6.30. The molecule has 0 aliphatic heterocycles. The van der Waals surface area contributed by atoms with Crippen LogP contribution in [-0.2, 0) is 12.0 Å². The van der Waals surface area contributed by atoms with Gasteiger partial charge >= 0.3 is 0 Å². The third kappa shape index (κ3) is 7.22. The van der Waals surface area contributed by atoms with E-state index in [1.54, 1.807) is 0 Å². The van der Waals surface area contributed by atoms with Gasteiger partial charge in [-0.05, 0) is 85.4 Å². The minimum Gasteiger partial charge on any atom is -0.492 e. The van der Waals surface area contributed by atoms with E-state index in [1.165, 1.54) is 5.56 Å². The molecule has 1 atom stereocenters. The van der Waals surface area contributed by atoms with E-state index >= 15 is 0 Å². The summed E-state index contributed by atoms with van der Waals surface area (Å²) < 4.78 is 5.93. The molecule has 0 saturated carbocycles. The van der Waals surface area contributed by atoms with E-state index in [9.17, 15) is 5.11 Å². The number of hydrogen-bond acceptors (Lipinski definition) is 3. The second-order valence-electron chi connectivity index (χ2n) is 8.25. The zero-order valence-electron chi connectivity index (χ0n) is 19.4. The Morgan fingerprint density at radius 1 is 0.788 bits per heavy atom. The van der Waals surface area contributed by atoms with Crippen LogP contribution >= 0.6 is 23.2 Å². The summed E-state index contributed by atoms with van der Waals surface area (Å²) in [5, 5.41) is 13.2. The lowest BCUT2D eigenvalue weighted by molar-refractivity contribution is 0.0687.